The maximum absolute atomic E-state index is 12.4. The highest BCUT2D eigenvalue weighted by molar-refractivity contribution is 7.99. The molecule has 0 radical (unpaired) electrons. The molecule has 154 valence electrons. The summed E-state index contributed by atoms with van der Waals surface area (Å²) in [6.07, 6.45) is 2.83. The molecule has 0 aliphatic carbocycles. The molecule has 1 N–H and O–H groups in total. The van der Waals surface area contributed by atoms with Gasteiger partial charge in [0.2, 0.25) is 5.88 Å². The summed E-state index contributed by atoms with van der Waals surface area (Å²) in [5.41, 5.74) is 2.65. The SMILES string of the molecule is O=C(NCc1ccc(OCc2ccccc2)cc1)c1ccc(OC2CCSC2)nc1. The van der Waals surface area contributed by atoms with Crippen molar-refractivity contribution < 1.29 is 14.3 Å². The van der Waals surface area contributed by atoms with Crippen molar-refractivity contribution in [1.29, 1.82) is 0 Å². The summed E-state index contributed by atoms with van der Waals surface area (Å²) in [6.45, 7) is 0.971. The van der Waals surface area contributed by atoms with Crippen molar-refractivity contribution in [3.63, 3.8) is 0 Å². The number of carbonyl (C=O) groups excluding carboxylic acids is 1. The van der Waals surface area contributed by atoms with Gasteiger partial charge in [-0.05, 0) is 41.5 Å². The number of aromatic nitrogens is 1. The molecule has 2 heterocycles. The monoisotopic (exact) mass is 420 g/mol. The fourth-order valence-corrected chi connectivity index (χ4v) is 4.18. The number of ether oxygens (including phenoxy) is 2. The minimum absolute atomic E-state index is 0.158. The van der Waals surface area contributed by atoms with E-state index >= 15 is 0 Å². The van der Waals surface area contributed by atoms with E-state index < -0.39 is 0 Å². The number of benzene rings is 2. The minimum Gasteiger partial charge on any atom is -0.489 e. The van der Waals surface area contributed by atoms with Crippen LogP contribution < -0.4 is 14.8 Å². The molecule has 1 aliphatic rings. The predicted octanol–water partition coefficient (Wildman–Crippen LogP) is 4.47. The van der Waals surface area contributed by atoms with Gasteiger partial charge in [-0.3, -0.25) is 4.79 Å². The van der Waals surface area contributed by atoms with Crippen molar-refractivity contribution in [3.8, 4) is 11.6 Å². The fourth-order valence-electron chi connectivity index (χ4n) is 3.09. The summed E-state index contributed by atoms with van der Waals surface area (Å²) in [5.74, 6) is 3.35. The molecular formula is C24H24N2O3S. The zero-order valence-electron chi connectivity index (χ0n) is 16.6. The third-order valence-corrected chi connectivity index (χ3v) is 5.93. The van der Waals surface area contributed by atoms with Gasteiger partial charge in [-0.1, -0.05) is 42.5 Å². The molecule has 5 nitrogen and oxygen atoms in total. The fraction of sp³-hybridized carbons (Fsp3) is 0.250. The Morgan fingerprint density at radius 3 is 2.57 bits per heavy atom. The Morgan fingerprint density at radius 2 is 1.87 bits per heavy atom. The lowest BCUT2D eigenvalue weighted by Gasteiger charge is -2.11. The summed E-state index contributed by atoms with van der Waals surface area (Å²) < 4.78 is 11.6. The van der Waals surface area contributed by atoms with Crippen LogP contribution in [0.3, 0.4) is 0 Å². The second-order valence-electron chi connectivity index (χ2n) is 7.09. The number of pyridine rings is 1. The molecule has 1 aliphatic heterocycles. The first-order valence-electron chi connectivity index (χ1n) is 10.0. The van der Waals surface area contributed by atoms with Gasteiger partial charge in [0.1, 0.15) is 18.5 Å². The van der Waals surface area contributed by atoms with Gasteiger partial charge in [-0.15, -0.1) is 0 Å². The summed E-state index contributed by atoms with van der Waals surface area (Å²) in [7, 11) is 0. The van der Waals surface area contributed by atoms with Crippen molar-refractivity contribution in [2.75, 3.05) is 11.5 Å². The Morgan fingerprint density at radius 1 is 1.03 bits per heavy atom. The molecule has 6 heteroatoms. The molecule has 0 spiro atoms. The van der Waals surface area contributed by atoms with Crippen molar-refractivity contribution in [3.05, 3.63) is 89.6 Å². The largest absolute Gasteiger partial charge is 0.489 e. The molecule has 30 heavy (non-hydrogen) atoms. The number of rotatable bonds is 8. The molecule has 0 saturated carbocycles. The first kappa shape index (κ1) is 20.3. The third kappa shape index (κ3) is 5.76. The highest BCUT2D eigenvalue weighted by Crippen LogP contribution is 2.22. The first-order chi connectivity index (χ1) is 14.8. The first-order valence-corrected chi connectivity index (χ1v) is 11.2. The number of nitrogens with one attached hydrogen (secondary N) is 1. The van der Waals surface area contributed by atoms with Gasteiger partial charge in [0.05, 0.1) is 5.56 Å². The molecular weight excluding hydrogens is 396 g/mol. The van der Waals surface area contributed by atoms with E-state index in [1.807, 2.05) is 66.4 Å². The van der Waals surface area contributed by atoms with Gasteiger partial charge in [-0.25, -0.2) is 4.98 Å². The molecule has 0 bridgehead atoms. The summed E-state index contributed by atoms with van der Waals surface area (Å²) >= 11 is 1.89. The molecule has 1 saturated heterocycles. The average Bonchev–Trinajstić information content (AvgIpc) is 3.31. The second kappa shape index (κ2) is 10.2. The van der Waals surface area contributed by atoms with E-state index in [0.717, 1.165) is 34.8 Å². The van der Waals surface area contributed by atoms with Crippen LogP contribution >= 0.6 is 11.8 Å². The Balaban J connectivity index is 1.24. The van der Waals surface area contributed by atoms with E-state index in [1.54, 1.807) is 18.3 Å². The Labute approximate surface area is 180 Å². The van der Waals surface area contributed by atoms with Gasteiger partial charge in [0.15, 0.2) is 0 Å². The van der Waals surface area contributed by atoms with Crippen LogP contribution in [-0.4, -0.2) is 28.5 Å². The second-order valence-corrected chi connectivity index (χ2v) is 8.24. The Hall–Kier alpha value is -2.99. The average molecular weight is 421 g/mol. The third-order valence-electron chi connectivity index (χ3n) is 4.80. The van der Waals surface area contributed by atoms with Crippen LogP contribution in [0.4, 0.5) is 0 Å². The highest BCUT2D eigenvalue weighted by Gasteiger charge is 2.17. The maximum atomic E-state index is 12.4. The van der Waals surface area contributed by atoms with E-state index in [-0.39, 0.29) is 12.0 Å². The Kier molecular flexibility index (Phi) is 6.87. The van der Waals surface area contributed by atoms with Crippen LogP contribution in [0.1, 0.15) is 27.9 Å². The zero-order valence-corrected chi connectivity index (χ0v) is 17.4. The molecule has 3 aromatic rings. The number of hydrogen-bond donors (Lipinski definition) is 1. The minimum atomic E-state index is -0.158. The van der Waals surface area contributed by atoms with Crippen molar-refractivity contribution in [2.45, 2.75) is 25.7 Å². The molecule has 1 aromatic heterocycles. The molecule has 1 amide bonds. The number of thioether (sulfide) groups is 1. The van der Waals surface area contributed by atoms with E-state index in [2.05, 4.69) is 10.3 Å². The highest BCUT2D eigenvalue weighted by atomic mass is 32.2. The van der Waals surface area contributed by atoms with Gasteiger partial charge in [-0.2, -0.15) is 11.8 Å². The summed E-state index contributed by atoms with van der Waals surface area (Å²) in [4.78, 5) is 16.6. The predicted molar refractivity (Wildman–Crippen MR) is 119 cm³/mol. The van der Waals surface area contributed by atoms with Crippen molar-refractivity contribution >= 4 is 17.7 Å². The molecule has 2 aromatic carbocycles. The van der Waals surface area contributed by atoms with E-state index in [0.29, 0.717) is 24.6 Å². The van der Waals surface area contributed by atoms with Crippen LogP contribution in [0.5, 0.6) is 11.6 Å². The smallest absolute Gasteiger partial charge is 0.253 e. The molecule has 1 unspecified atom stereocenters. The summed E-state index contributed by atoms with van der Waals surface area (Å²) in [5, 5.41) is 2.92. The lowest BCUT2D eigenvalue weighted by Crippen LogP contribution is -2.23. The van der Waals surface area contributed by atoms with Crippen LogP contribution in [0, 0.1) is 0 Å². The summed E-state index contributed by atoms with van der Waals surface area (Å²) in [6, 6.07) is 21.3. The normalized spacial score (nSPS) is 15.5. The van der Waals surface area contributed by atoms with Crippen LogP contribution in [-0.2, 0) is 13.2 Å². The van der Waals surface area contributed by atoms with Crippen LogP contribution in [0.15, 0.2) is 72.9 Å². The quantitative estimate of drug-likeness (QED) is 0.582. The van der Waals surface area contributed by atoms with Crippen molar-refractivity contribution in [1.82, 2.24) is 10.3 Å². The van der Waals surface area contributed by atoms with E-state index in [9.17, 15) is 4.79 Å². The number of hydrogen-bond acceptors (Lipinski definition) is 5. The molecule has 1 fully saturated rings. The van der Waals surface area contributed by atoms with Crippen molar-refractivity contribution in [2.24, 2.45) is 0 Å². The van der Waals surface area contributed by atoms with Crippen LogP contribution in [0.2, 0.25) is 0 Å². The lowest BCUT2D eigenvalue weighted by molar-refractivity contribution is 0.0950. The van der Waals surface area contributed by atoms with Gasteiger partial charge < -0.3 is 14.8 Å². The van der Waals surface area contributed by atoms with Gasteiger partial charge >= 0.3 is 0 Å². The number of amides is 1. The van der Waals surface area contributed by atoms with Gasteiger partial charge in [0, 0.05) is 24.6 Å². The van der Waals surface area contributed by atoms with E-state index in [4.69, 9.17) is 9.47 Å². The lowest BCUT2D eigenvalue weighted by atomic mass is 10.2. The number of carbonyl (C=O) groups is 1. The maximum Gasteiger partial charge on any atom is 0.253 e. The topological polar surface area (TPSA) is 60.5 Å². The standard InChI is InChI=1S/C24H24N2O3S/c27-24(20-8-11-23(25-15-20)29-22-12-13-30-17-22)26-14-18-6-9-21(10-7-18)28-16-19-4-2-1-3-5-19/h1-11,15,22H,12-14,16-17H2,(H,26,27). The van der Waals surface area contributed by atoms with E-state index in [1.165, 1.54) is 0 Å². The number of nitrogens with zero attached hydrogens (tertiary/aromatic N) is 1. The zero-order chi connectivity index (χ0) is 20.6. The molecule has 1 atom stereocenters. The van der Waals surface area contributed by atoms with Gasteiger partial charge in [0.25, 0.3) is 5.91 Å². The Bertz CT molecular complexity index is 940. The van der Waals surface area contributed by atoms with Crippen LogP contribution in [0.25, 0.3) is 0 Å². The molecule has 4 rings (SSSR count).